The maximum atomic E-state index is 11.6. The Kier molecular flexibility index (Phi) is 3.81. The van der Waals surface area contributed by atoms with Gasteiger partial charge in [-0.25, -0.2) is 0 Å². The number of amides is 1. The van der Waals surface area contributed by atoms with E-state index in [1.54, 1.807) is 24.3 Å². The van der Waals surface area contributed by atoms with Gasteiger partial charge in [0, 0.05) is 11.4 Å². The van der Waals surface area contributed by atoms with Gasteiger partial charge in [-0.05, 0) is 36.4 Å². The van der Waals surface area contributed by atoms with E-state index in [0.717, 1.165) is 11.4 Å². The molecule has 0 saturated heterocycles. The van der Waals surface area contributed by atoms with E-state index in [9.17, 15) is 4.79 Å². The van der Waals surface area contributed by atoms with Gasteiger partial charge in [0.1, 0.15) is 5.75 Å². The van der Waals surface area contributed by atoms with E-state index in [4.69, 9.17) is 5.11 Å². The molecule has 0 unspecified atom stereocenters. The molecule has 18 heavy (non-hydrogen) atoms. The monoisotopic (exact) mass is 242 g/mol. The van der Waals surface area contributed by atoms with Gasteiger partial charge in [0.2, 0.25) is 5.91 Å². The van der Waals surface area contributed by atoms with Gasteiger partial charge >= 0.3 is 0 Å². The zero-order valence-corrected chi connectivity index (χ0v) is 9.76. The van der Waals surface area contributed by atoms with Crippen molar-refractivity contribution in [3.05, 3.63) is 54.6 Å². The number of phenols is 1. The molecule has 0 aliphatic heterocycles. The number of nitrogens with one attached hydrogen (secondary N) is 2. The third-order valence-electron chi connectivity index (χ3n) is 2.38. The second-order valence-electron chi connectivity index (χ2n) is 3.81. The Labute approximate surface area is 105 Å². The van der Waals surface area contributed by atoms with Gasteiger partial charge in [-0.3, -0.25) is 4.79 Å². The van der Waals surface area contributed by atoms with Crippen molar-refractivity contribution in [2.45, 2.75) is 0 Å². The summed E-state index contributed by atoms with van der Waals surface area (Å²) in [5, 5.41) is 14.9. The molecule has 0 aromatic heterocycles. The number of hydrogen-bond donors (Lipinski definition) is 3. The molecule has 2 aromatic carbocycles. The van der Waals surface area contributed by atoms with Crippen molar-refractivity contribution in [3.63, 3.8) is 0 Å². The number of para-hydroxylation sites is 1. The van der Waals surface area contributed by atoms with Crippen LogP contribution in [0.5, 0.6) is 5.75 Å². The lowest BCUT2D eigenvalue weighted by molar-refractivity contribution is -0.114. The Bertz CT molecular complexity index is 509. The molecule has 0 radical (unpaired) electrons. The molecule has 2 rings (SSSR count). The zero-order chi connectivity index (χ0) is 12.8. The van der Waals surface area contributed by atoms with Crippen LogP contribution >= 0.6 is 0 Å². The molecule has 0 aliphatic rings. The van der Waals surface area contributed by atoms with Gasteiger partial charge in [-0.1, -0.05) is 18.2 Å². The van der Waals surface area contributed by atoms with Crippen molar-refractivity contribution in [3.8, 4) is 5.75 Å². The molecule has 4 heteroatoms. The summed E-state index contributed by atoms with van der Waals surface area (Å²) in [7, 11) is 0. The minimum absolute atomic E-state index is 0.116. The summed E-state index contributed by atoms with van der Waals surface area (Å²) in [5.41, 5.74) is 1.56. The van der Waals surface area contributed by atoms with Gasteiger partial charge in [0.25, 0.3) is 0 Å². The van der Waals surface area contributed by atoms with Gasteiger partial charge in [0.05, 0.1) is 6.54 Å². The molecule has 4 nitrogen and oxygen atoms in total. The van der Waals surface area contributed by atoms with Crippen molar-refractivity contribution in [1.29, 1.82) is 0 Å². The minimum atomic E-state index is -0.116. The summed E-state index contributed by atoms with van der Waals surface area (Å²) in [6.45, 7) is 0.180. The minimum Gasteiger partial charge on any atom is -0.508 e. The summed E-state index contributed by atoms with van der Waals surface area (Å²) in [5.74, 6) is 0.0866. The molecular formula is C14H14N2O2. The fourth-order valence-electron chi connectivity index (χ4n) is 1.49. The van der Waals surface area contributed by atoms with E-state index in [1.807, 2.05) is 30.3 Å². The van der Waals surface area contributed by atoms with Crippen LogP contribution in [0.2, 0.25) is 0 Å². The molecule has 0 heterocycles. The van der Waals surface area contributed by atoms with Crippen LogP contribution in [0.4, 0.5) is 11.4 Å². The van der Waals surface area contributed by atoms with E-state index in [0.29, 0.717) is 0 Å². The first-order valence-corrected chi connectivity index (χ1v) is 5.62. The predicted octanol–water partition coefficient (Wildman–Crippen LogP) is 2.44. The lowest BCUT2D eigenvalue weighted by Crippen LogP contribution is -2.21. The van der Waals surface area contributed by atoms with E-state index in [2.05, 4.69) is 10.6 Å². The summed E-state index contributed by atoms with van der Waals surface area (Å²) in [6.07, 6.45) is 0. The lowest BCUT2D eigenvalue weighted by Gasteiger charge is -2.07. The van der Waals surface area contributed by atoms with E-state index in [1.165, 1.54) is 0 Å². The average Bonchev–Trinajstić information content (AvgIpc) is 2.39. The molecule has 0 spiro atoms. The third kappa shape index (κ3) is 3.52. The number of hydrogen-bond acceptors (Lipinski definition) is 3. The number of carbonyl (C=O) groups is 1. The Morgan fingerprint density at radius 2 is 1.61 bits per heavy atom. The first kappa shape index (κ1) is 12.0. The predicted molar refractivity (Wildman–Crippen MR) is 71.7 cm³/mol. The third-order valence-corrected chi connectivity index (χ3v) is 2.38. The van der Waals surface area contributed by atoms with Crippen molar-refractivity contribution in [1.82, 2.24) is 0 Å². The fraction of sp³-hybridized carbons (Fsp3) is 0.0714. The zero-order valence-electron chi connectivity index (χ0n) is 9.76. The second-order valence-corrected chi connectivity index (χ2v) is 3.81. The maximum absolute atomic E-state index is 11.6. The fourth-order valence-corrected chi connectivity index (χ4v) is 1.49. The SMILES string of the molecule is O=C(CNc1ccc(O)cc1)Nc1ccccc1. The van der Waals surface area contributed by atoms with Crippen LogP contribution in [0.25, 0.3) is 0 Å². The molecule has 0 bridgehead atoms. The summed E-state index contributed by atoms with van der Waals surface area (Å²) < 4.78 is 0. The lowest BCUT2D eigenvalue weighted by atomic mass is 10.3. The number of rotatable bonds is 4. The van der Waals surface area contributed by atoms with Crippen molar-refractivity contribution >= 4 is 17.3 Å². The van der Waals surface area contributed by atoms with E-state index < -0.39 is 0 Å². The van der Waals surface area contributed by atoms with E-state index in [-0.39, 0.29) is 18.2 Å². The highest BCUT2D eigenvalue weighted by Crippen LogP contribution is 2.13. The van der Waals surface area contributed by atoms with Crippen LogP contribution < -0.4 is 10.6 Å². The van der Waals surface area contributed by atoms with E-state index >= 15 is 0 Å². The van der Waals surface area contributed by atoms with Gasteiger partial charge < -0.3 is 15.7 Å². The van der Waals surface area contributed by atoms with Crippen molar-refractivity contribution in [2.75, 3.05) is 17.2 Å². The number of carbonyl (C=O) groups excluding carboxylic acids is 1. The number of anilines is 2. The topological polar surface area (TPSA) is 61.4 Å². The quantitative estimate of drug-likeness (QED) is 0.722. The molecule has 0 atom stereocenters. The standard InChI is InChI=1S/C14H14N2O2/c17-13-8-6-11(7-9-13)15-10-14(18)16-12-4-2-1-3-5-12/h1-9,15,17H,10H2,(H,16,18). The van der Waals surface area contributed by atoms with Crippen LogP contribution in [0.15, 0.2) is 54.6 Å². The molecule has 1 amide bonds. The number of phenolic OH excluding ortho intramolecular Hbond substituents is 1. The molecule has 92 valence electrons. The average molecular weight is 242 g/mol. The van der Waals surface area contributed by atoms with Crippen LogP contribution in [-0.2, 0) is 4.79 Å². The van der Waals surface area contributed by atoms with Crippen molar-refractivity contribution < 1.29 is 9.90 Å². The number of benzene rings is 2. The summed E-state index contributed by atoms with van der Waals surface area (Å²) in [6, 6.07) is 15.8. The smallest absolute Gasteiger partial charge is 0.243 e. The Morgan fingerprint density at radius 1 is 0.944 bits per heavy atom. The van der Waals surface area contributed by atoms with Crippen LogP contribution in [0.3, 0.4) is 0 Å². The highest BCUT2D eigenvalue weighted by molar-refractivity contribution is 5.93. The Morgan fingerprint density at radius 3 is 2.28 bits per heavy atom. The molecule has 0 fully saturated rings. The highest BCUT2D eigenvalue weighted by Gasteiger charge is 2.01. The van der Waals surface area contributed by atoms with Crippen LogP contribution in [-0.4, -0.2) is 17.6 Å². The summed E-state index contributed by atoms with van der Waals surface area (Å²) >= 11 is 0. The number of aromatic hydroxyl groups is 1. The Hall–Kier alpha value is -2.49. The molecular weight excluding hydrogens is 228 g/mol. The van der Waals surface area contributed by atoms with Crippen LogP contribution in [0.1, 0.15) is 0 Å². The van der Waals surface area contributed by atoms with Crippen LogP contribution in [0, 0.1) is 0 Å². The molecule has 2 aromatic rings. The summed E-state index contributed by atoms with van der Waals surface area (Å²) in [4.78, 5) is 11.6. The van der Waals surface area contributed by atoms with Gasteiger partial charge in [0.15, 0.2) is 0 Å². The highest BCUT2D eigenvalue weighted by atomic mass is 16.3. The Balaban J connectivity index is 1.83. The molecule has 0 saturated carbocycles. The molecule has 0 aliphatic carbocycles. The normalized spacial score (nSPS) is 9.78. The maximum Gasteiger partial charge on any atom is 0.243 e. The molecule has 3 N–H and O–H groups in total. The van der Waals surface area contributed by atoms with Gasteiger partial charge in [-0.2, -0.15) is 0 Å². The van der Waals surface area contributed by atoms with Crippen molar-refractivity contribution in [2.24, 2.45) is 0 Å². The largest absolute Gasteiger partial charge is 0.508 e. The first-order chi connectivity index (χ1) is 8.74. The second kappa shape index (κ2) is 5.72. The first-order valence-electron chi connectivity index (χ1n) is 5.62. The van der Waals surface area contributed by atoms with Gasteiger partial charge in [-0.15, -0.1) is 0 Å².